The van der Waals surface area contributed by atoms with Crippen LogP contribution in [0.2, 0.25) is 0 Å². The Bertz CT molecular complexity index is 1550. The molecule has 13 heteroatoms. The molecule has 2 aliphatic rings. The van der Waals surface area contributed by atoms with Gasteiger partial charge in [-0.15, -0.1) is 0 Å². The fourth-order valence-electron chi connectivity index (χ4n) is 5.55. The van der Waals surface area contributed by atoms with Crippen LogP contribution in [0.4, 0.5) is 20.4 Å². The van der Waals surface area contributed by atoms with E-state index in [0.717, 1.165) is 49.5 Å². The van der Waals surface area contributed by atoms with Crippen molar-refractivity contribution in [1.82, 2.24) is 29.5 Å². The van der Waals surface area contributed by atoms with Crippen molar-refractivity contribution in [2.75, 3.05) is 18.1 Å². The first-order valence-electron chi connectivity index (χ1n) is 13.9. The van der Waals surface area contributed by atoms with Crippen molar-refractivity contribution >= 4 is 27.6 Å². The first-order valence-corrected chi connectivity index (χ1v) is 15.8. The number of nitrogens with one attached hydrogen (secondary N) is 2. The number of piperidine rings is 1. The molecule has 42 heavy (non-hydrogen) atoms. The molecule has 1 amide bonds. The molecule has 1 aromatic carbocycles. The molecule has 2 N–H and O–H groups in total. The quantitative estimate of drug-likeness (QED) is 0.381. The zero-order valence-corrected chi connectivity index (χ0v) is 24.7. The number of pyridine rings is 1. The first kappa shape index (κ1) is 29.9. The Balaban J connectivity index is 1.16. The number of anilines is 2. The summed E-state index contributed by atoms with van der Waals surface area (Å²) in [6.45, 7) is 5.02. The highest BCUT2D eigenvalue weighted by atomic mass is 32.2. The molecule has 0 aliphatic carbocycles. The Morgan fingerprint density at radius 2 is 1.90 bits per heavy atom. The molecule has 224 valence electrons. The number of nitrogens with zero attached hydrogens (tertiary/aromatic N) is 5. The number of likely N-dealkylation sites (tertiary alicyclic amines) is 1. The number of amides is 1. The second-order valence-electron chi connectivity index (χ2n) is 11.3. The predicted molar refractivity (Wildman–Crippen MR) is 155 cm³/mol. The number of hydrogen-bond donors (Lipinski definition) is 2. The molecule has 10 nitrogen and oxygen atoms in total. The number of sulfonamides is 1. The normalized spacial score (nSPS) is 19.5. The number of carbonyl (C=O) groups excluding carboxylic acids is 1. The van der Waals surface area contributed by atoms with Crippen LogP contribution in [0.1, 0.15) is 59.6 Å². The lowest BCUT2D eigenvalue weighted by Gasteiger charge is -2.41. The van der Waals surface area contributed by atoms with Crippen molar-refractivity contribution < 1.29 is 22.0 Å². The van der Waals surface area contributed by atoms with Gasteiger partial charge >= 0.3 is 0 Å². The maximum absolute atomic E-state index is 13.3. The van der Waals surface area contributed by atoms with Gasteiger partial charge in [-0.25, -0.2) is 31.9 Å². The molecule has 1 saturated heterocycles. The second-order valence-corrected chi connectivity index (χ2v) is 13.1. The van der Waals surface area contributed by atoms with Crippen LogP contribution in [0, 0.1) is 0 Å². The zero-order chi connectivity index (χ0) is 30.1. The van der Waals surface area contributed by atoms with Crippen molar-refractivity contribution in [3.63, 3.8) is 0 Å². The van der Waals surface area contributed by atoms with Gasteiger partial charge in [-0.3, -0.25) is 14.7 Å². The lowest BCUT2D eigenvalue weighted by Crippen LogP contribution is -2.50. The highest BCUT2D eigenvalue weighted by molar-refractivity contribution is 7.88. The maximum atomic E-state index is 13.3. The molecule has 1 fully saturated rings. The summed E-state index contributed by atoms with van der Waals surface area (Å²) in [5, 5.41) is 3.17. The number of halogens is 2. The second kappa shape index (κ2) is 12.0. The van der Waals surface area contributed by atoms with Crippen LogP contribution in [0.15, 0.2) is 48.8 Å². The van der Waals surface area contributed by atoms with Crippen LogP contribution < -0.4 is 10.0 Å². The Morgan fingerprint density at radius 3 is 2.60 bits per heavy atom. The van der Waals surface area contributed by atoms with E-state index in [4.69, 9.17) is 4.98 Å². The summed E-state index contributed by atoms with van der Waals surface area (Å²) in [6, 6.07) is 10.5. The Morgan fingerprint density at radius 1 is 1.14 bits per heavy atom. The summed E-state index contributed by atoms with van der Waals surface area (Å²) < 4.78 is 51.8. The molecule has 0 spiro atoms. The van der Waals surface area contributed by atoms with Crippen LogP contribution in [0.25, 0.3) is 0 Å². The molecule has 0 unspecified atom stereocenters. The van der Waals surface area contributed by atoms with Crippen LogP contribution in [-0.4, -0.2) is 69.9 Å². The van der Waals surface area contributed by atoms with Gasteiger partial charge in [0.15, 0.2) is 0 Å². The van der Waals surface area contributed by atoms with E-state index in [1.165, 1.54) is 6.20 Å². The molecular weight excluding hydrogens is 564 g/mol. The fraction of sp³-hybridized carbons (Fsp3) is 0.448. The minimum absolute atomic E-state index is 0.0182. The summed E-state index contributed by atoms with van der Waals surface area (Å²) in [6.07, 6.45) is 5.77. The number of benzene rings is 1. The third-order valence-electron chi connectivity index (χ3n) is 7.61. The van der Waals surface area contributed by atoms with E-state index in [-0.39, 0.29) is 31.0 Å². The van der Waals surface area contributed by atoms with E-state index in [1.54, 1.807) is 36.4 Å². The Hall–Kier alpha value is -3.55. The van der Waals surface area contributed by atoms with E-state index in [0.29, 0.717) is 35.9 Å². The summed E-state index contributed by atoms with van der Waals surface area (Å²) in [4.78, 5) is 30.9. The number of carbonyl (C=O) groups is 1. The third-order valence-corrected chi connectivity index (χ3v) is 8.28. The molecule has 0 radical (unpaired) electrons. The number of fused-ring (bicyclic) bond motifs is 1. The van der Waals surface area contributed by atoms with E-state index in [2.05, 4.69) is 31.8 Å². The first-order chi connectivity index (χ1) is 19.8. The van der Waals surface area contributed by atoms with Crippen molar-refractivity contribution in [3.8, 4) is 0 Å². The van der Waals surface area contributed by atoms with E-state index < -0.39 is 15.9 Å². The van der Waals surface area contributed by atoms with E-state index in [9.17, 15) is 22.0 Å². The van der Waals surface area contributed by atoms with Crippen LogP contribution in [-0.2, 0) is 36.1 Å². The predicted octanol–water partition coefficient (Wildman–Crippen LogP) is 3.87. The molecule has 5 rings (SSSR count). The SMILES string of the molecule is C[C@@H]1C[C@@H](N2Cc3cnc(Nc4ccc(CC(C)(F)F)cc4)nc3C2)CCN1C(=O)c1ccnc(CNS(C)(=O)=O)c1. The van der Waals surface area contributed by atoms with Crippen molar-refractivity contribution in [3.05, 3.63) is 76.9 Å². The molecular formula is C29H35F2N7O3S. The van der Waals surface area contributed by atoms with Gasteiger partial charge in [-0.2, -0.15) is 0 Å². The number of alkyl halides is 2. The van der Waals surface area contributed by atoms with E-state index >= 15 is 0 Å². The van der Waals surface area contributed by atoms with Gasteiger partial charge in [-0.1, -0.05) is 12.1 Å². The monoisotopic (exact) mass is 599 g/mol. The smallest absolute Gasteiger partial charge is 0.254 e. The van der Waals surface area contributed by atoms with Gasteiger partial charge in [0.1, 0.15) is 0 Å². The lowest BCUT2D eigenvalue weighted by molar-refractivity contribution is 0.0226. The van der Waals surface area contributed by atoms with Crippen molar-refractivity contribution in [1.29, 1.82) is 0 Å². The van der Waals surface area contributed by atoms with Crippen molar-refractivity contribution in [2.24, 2.45) is 0 Å². The minimum atomic E-state index is -3.37. The number of hydrogen-bond acceptors (Lipinski definition) is 8. The van der Waals surface area contributed by atoms with Crippen LogP contribution in [0.5, 0.6) is 0 Å². The van der Waals surface area contributed by atoms with Crippen LogP contribution >= 0.6 is 0 Å². The van der Waals surface area contributed by atoms with Crippen LogP contribution in [0.3, 0.4) is 0 Å². The van der Waals surface area contributed by atoms with Gasteiger partial charge in [0.05, 0.1) is 24.2 Å². The van der Waals surface area contributed by atoms with Gasteiger partial charge < -0.3 is 10.2 Å². The minimum Gasteiger partial charge on any atom is -0.336 e. The summed E-state index contributed by atoms with van der Waals surface area (Å²) in [5.74, 6) is -2.38. The number of rotatable bonds is 9. The average Bonchev–Trinajstić information content (AvgIpc) is 3.35. The van der Waals surface area contributed by atoms with E-state index in [1.807, 2.05) is 11.1 Å². The Kier molecular flexibility index (Phi) is 8.53. The molecule has 2 atom stereocenters. The molecule has 2 aromatic heterocycles. The summed E-state index contributed by atoms with van der Waals surface area (Å²) in [5.41, 5.74) is 4.28. The van der Waals surface area contributed by atoms with Crippen molar-refractivity contribution in [2.45, 2.75) is 70.8 Å². The molecule has 0 saturated carbocycles. The fourth-order valence-corrected chi connectivity index (χ4v) is 5.96. The number of aromatic nitrogens is 3. The van der Waals surface area contributed by atoms with Gasteiger partial charge in [0.2, 0.25) is 21.9 Å². The molecule has 2 aliphatic heterocycles. The summed E-state index contributed by atoms with van der Waals surface area (Å²) >= 11 is 0. The maximum Gasteiger partial charge on any atom is 0.254 e. The summed E-state index contributed by atoms with van der Waals surface area (Å²) in [7, 11) is -3.37. The van der Waals surface area contributed by atoms with Gasteiger partial charge in [0, 0.05) is 67.3 Å². The molecule has 0 bridgehead atoms. The Labute approximate surface area is 244 Å². The largest absolute Gasteiger partial charge is 0.336 e. The molecule has 4 heterocycles. The third kappa shape index (κ3) is 7.64. The van der Waals surface area contributed by atoms with Gasteiger partial charge in [0.25, 0.3) is 5.91 Å². The highest BCUT2D eigenvalue weighted by Crippen LogP contribution is 2.31. The topological polar surface area (TPSA) is 120 Å². The average molecular weight is 600 g/mol. The molecule has 3 aromatic rings. The van der Waals surface area contributed by atoms with Gasteiger partial charge in [-0.05, 0) is 56.5 Å². The highest BCUT2D eigenvalue weighted by Gasteiger charge is 2.35. The zero-order valence-electron chi connectivity index (χ0n) is 23.8. The standard InChI is InChI=1S/C29H35F2N7O3S/c1-19-12-25(9-11-38(19)27(39)21-8-10-32-24(13-21)16-34-42(3,40)41)37-17-22-15-33-28(36-26(22)18-37)35-23-6-4-20(5-7-23)14-29(2,30)31/h4-8,10,13,15,19,25,34H,9,11-12,14,16-18H2,1-3H3,(H,33,35,36)/t19-,25+/m1/s1. The lowest BCUT2D eigenvalue weighted by atomic mass is 9.96.